The van der Waals surface area contributed by atoms with Crippen molar-refractivity contribution in [3.63, 3.8) is 0 Å². The van der Waals surface area contributed by atoms with E-state index in [1.807, 2.05) is 121 Å². The van der Waals surface area contributed by atoms with Crippen LogP contribution in [-0.4, -0.2) is 29.9 Å². The number of aromatic nitrogens is 6. The number of benzene rings is 5. The fraction of sp³-hybridized carbons (Fsp3) is 0.100. The highest BCUT2D eigenvalue weighted by Gasteiger charge is 2.11. The first kappa shape index (κ1) is 36.5. The smallest absolute Gasteiger partial charge is 0.233 e. The van der Waals surface area contributed by atoms with Gasteiger partial charge in [0, 0.05) is 60.3 Å². The van der Waals surface area contributed by atoms with Crippen molar-refractivity contribution >= 4 is 69.8 Å². The molecule has 7 aromatic rings. The van der Waals surface area contributed by atoms with Crippen LogP contribution >= 0.6 is 0 Å². The van der Waals surface area contributed by atoms with E-state index >= 15 is 0 Å². The Morgan fingerprint density at radius 1 is 0.321 bits per heavy atom. The minimum atomic E-state index is 0.363. The van der Waals surface area contributed by atoms with Crippen molar-refractivity contribution in [2.75, 3.05) is 54.8 Å². The topological polar surface area (TPSA) is 254 Å². The lowest BCUT2D eigenvalue weighted by molar-refractivity contribution is 0.976. The highest BCUT2D eigenvalue weighted by atomic mass is 15.3. The zero-order valence-electron chi connectivity index (χ0n) is 30.4. The van der Waals surface area contributed by atoms with E-state index in [4.69, 9.17) is 22.9 Å². The van der Waals surface area contributed by atoms with Crippen molar-refractivity contribution in [1.29, 1.82) is 0 Å². The number of rotatable bonds is 16. The molecule has 0 aliphatic carbocycles. The predicted octanol–water partition coefficient (Wildman–Crippen LogP) is 6.32. The van der Waals surface area contributed by atoms with Gasteiger partial charge in [-0.1, -0.05) is 60.7 Å². The summed E-state index contributed by atoms with van der Waals surface area (Å²) in [4.78, 5) is 27.6. The molecule has 5 aromatic carbocycles. The van der Waals surface area contributed by atoms with E-state index in [0.29, 0.717) is 84.6 Å². The van der Waals surface area contributed by atoms with Gasteiger partial charge in [-0.15, -0.1) is 0 Å². The third kappa shape index (κ3) is 10.6. The van der Waals surface area contributed by atoms with Gasteiger partial charge in [-0.3, -0.25) is 0 Å². The predicted molar refractivity (Wildman–Crippen MR) is 225 cm³/mol. The Morgan fingerprint density at radius 2 is 0.607 bits per heavy atom. The van der Waals surface area contributed by atoms with Crippen molar-refractivity contribution in [3.8, 4) is 0 Å². The summed E-state index contributed by atoms with van der Waals surface area (Å²) in [7, 11) is 0. The molecule has 2 heterocycles. The molecule has 282 valence electrons. The Labute approximate surface area is 323 Å². The number of nitrogens with one attached hydrogen (secondary N) is 6. The first-order chi connectivity index (χ1) is 27.3. The maximum atomic E-state index is 5.99. The molecule has 0 bridgehead atoms. The van der Waals surface area contributed by atoms with Crippen LogP contribution in [0.4, 0.5) is 69.8 Å². The van der Waals surface area contributed by atoms with Crippen LogP contribution in [0.1, 0.15) is 22.3 Å². The van der Waals surface area contributed by atoms with Gasteiger partial charge in [0.2, 0.25) is 35.7 Å². The van der Waals surface area contributed by atoms with Crippen LogP contribution in [-0.2, 0) is 26.2 Å². The zero-order valence-corrected chi connectivity index (χ0v) is 30.4. The lowest BCUT2D eigenvalue weighted by Gasteiger charge is -2.13. The molecule has 0 spiro atoms. The van der Waals surface area contributed by atoms with Crippen molar-refractivity contribution in [2.45, 2.75) is 26.2 Å². The zero-order chi connectivity index (χ0) is 38.7. The molecule has 0 fully saturated rings. The Kier molecular flexibility index (Phi) is 11.3. The SMILES string of the molecule is Nc1ccc(CNc2nc(NCc3ccc(CNc4nc(NCc5ccc(N)cc5)nc(Nc5cccc(N)c5)n4)cc3)nc(Nc3cccc(N)c3)n2)cc1. The first-order valence-corrected chi connectivity index (χ1v) is 17.8. The van der Waals surface area contributed by atoms with Gasteiger partial charge in [0.05, 0.1) is 0 Å². The minimum Gasteiger partial charge on any atom is -0.399 e. The van der Waals surface area contributed by atoms with Gasteiger partial charge >= 0.3 is 0 Å². The molecule has 7 rings (SSSR count). The van der Waals surface area contributed by atoms with Crippen LogP contribution < -0.4 is 54.8 Å². The molecule has 0 unspecified atom stereocenters. The molecule has 16 heteroatoms. The second-order valence-corrected chi connectivity index (χ2v) is 12.8. The standard InChI is InChI=1S/C40H42N16/c41-29-15-11-27(12-16-29)23-47-37-51-35(53-39(55-37)49-33-5-1-3-31(43)19-33)45-21-25-7-9-26(10-8-25)22-46-36-52-38(48-24-28-13-17-30(42)18-14-28)56-40(54-36)50-34-6-2-4-32(44)20-34/h1-20H,21-24,41-44H2,(H3,45,47,49,51,53,55)(H3,46,48,50,52,54,56). The van der Waals surface area contributed by atoms with Crippen molar-refractivity contribution in [2.24, 2.45) is 0 Å². The summed E-state index contributed by atoms with van der Waals surface area (Å²) in [5.74, 6) is 2.33. The molecule has 2 aromatic heterocycles. The molecule has 0 aliphatic rings. The van der Waals surface area contributed by atoms with Gasteiger partial charge in [-0.05, 0) is 82.9 Å². The molecule has 56 heavy (non-hydrogen) atoms. The fourth-order valence-corrected chi connectivity index (χ4v) is 5.44. The lowest BCUT2D eigenvalue weighted by atomic mass is 10.1. The monoisotopic (exact) mass is 746 g/mol. The number of nitrogens with two attached hydrogens (primary N) is 4. The van der Waals surface area contributed by atoms with Crippen LogP contribution in [0.25, 0.3) is 0 Å². The average Bonchev–Trinajstić information content (AvgIpc) is 3.19. The molecule has 0 radical (unpaired) electrons. The van der Waals surface area contributed by atoms with E-state index in [2.05, 4.69) is 61.8 Å². The first-order valence-electron chi connectivity index (χ1n) is 17.8. The highest BCUT2D eigenvalue weighted by Crippen LogP contribution is 2.21. The van der Waals surface area contributed by atoms with E-state index in [9.17, 15) is 0 Å². The van der Waals surface area contributed by atoms with Gasteiger partial charge in [-0.2, -0.15) is 29.9 Å². The van der Waals surface area contributed by atoms with Gasteiger partial charge in [0.15, 0.2) is 0 Å². The molecule has 0 saturated carbocycles. The van der Waals surface area contributed by atoms with Gasteiger partial charge in [0.1, 0.15) is 0 Å². The molecular formula is C40H42N16. The summed E-state index contributed by atoms with van der Waals surface area (Å²) in [6.45, 7) is 1.95. The Bertz CT molecular complexity index is 2200. The summed E-state index contributed by atoms with van der Waals surface area (Å²) in [6, 6.07) is 38.1. The number of hydrogen-bond acceptors (Lipinski definition) is 16. The third-order valence-corrected chi connectivity index (χ3v) is 8.34. The van der Waals surface area contributed by atoms with E-state index in [0.717, 1.165) is 33.6 Å². The van der Waals surface area contributed by atoms with E-state index in [1.54, 1.807) is 0 Å². The number of anilines is 12. The second-order valence-electron chi connectivity index (χ2n) is 12.8. The average molecular weight is 747 g/mol. The van der Waals surface area contributed by atoms with Gasteiger partial charge in [-0.25, -0.2) is 0 Å². The molecule has 0 saturated heterocycles. The van der Waals surface area contributed by atoms with E-state index in [1.165, 1.54) is 0 Å². The second kappa shape index (κ2) is 17.3. The van der Waals surface area contributed by atoms with Crippen molar-refractivity contribution in [3.05, 3.63) is 144 Å². The van der Waals surface area contributed by atoms with Crippen LogP contribution in [0.15, 0.2) is 121 Å². The van der Waals surface area contributed by atoms with E-state index < -0.39 is 0 Å². The molecular weight excluding hydrogens is 705 g/mol. The Balaban J connectivity index is 1.00. The fourth-order valence-electron chi connectivity index (χ4n) is 5.44. The van der Waals surface area contributed by atoms with Gasteiger partial charge < -0.3 is 54.8 Å². The van der Waals surface area contributed by atoms with Crippen LogP contribution in [0, 0.1) is 0 Å². The molecule has 0 amide bonds. The summed E-state index contributed by atoms with van der Waals surface area (Å²) in [6.07, 6.45) is 0. The maximum absolute atomic E-state index is 5.99. The van der Waals surface area contributed by atoms with Crippen molar-refractivity contribution < 1.29 is 0 Å². The third-order valence-electron chi connectivity index (χ3n) is 8.34. The summed E-state index contributed by atoms with van der Waals surface area (Å²) in [5.41, 5.74) is 32.0. The van der Waals surface area contributed by atoms with Crippen LogP contribution in [0.2, 0.25) is 0 Å². The molecule has 0 atom stereocenters. The Hall–Kier alpha value is -7.88. The van der Waals surface area contributed by atoms with Crippen LogP contribution in [0.5, 0.6) is 0 Å². The molecule has 16 nitrogen and oxygen atoms in total. The van der Waals surface area contributed by atoms with E-state index in [-0.39, 0.29) is 0 Å². The summed E-state index contributed by atoms with van der Waals surface area (Å²) < 4.78 is 0. The summed E-state index contributed by atoms with van der Waals surface area (Å²) in [5, 5.41) is 19.7. The minimum absolute atomic E-state index is 0.363. The number of nitrogen functional groups attached to an aromatic ring is 4. The lowest BCUT2D eigenvalue weighted by Crippen LogP contribution is -2.12. The highest BCUT2D eigenvalue weighted by molar-refractivity contribution is 5.62. The number of hydrogen-bond donors (Lipinski definition) is 10. The van der Waals surface area contributed by atoms with Gasteiger partial charge in [0.25, 0.3) is 0 Å². The van der Waals surface area contributed by atoms with Crippen LogP contribution in [0.3, 0.4) is 0 Å². The normalized spacial score (nSPS) is 10.7. The number of nitrogens with zero attached hydrogens (tertiary/aromatic N) is 6. The largest absolute Gasteiger partial charge is 0.399 e. The summed E-state index contributed by atoms with van der Waals surface area (Å²) >= 11 is 0. The van der Waals surface area contributed by atoms with Crippen molar-refractivity contribution in [1.82, 2.24) is 29.9 Å². The molecule has 0 aliphatic heterocycles. The molecule has 14 N–H and O–H groups in total. The maximum Gasteiger partial charge on any atom is 0.233 e. The quantitative estimate of drug-likeness (QED) is 0.0485. The Morgan fingerprint density at radius 3 is 0.911 bits per heavy atom.